The highest BCUT2D eigenvalue weighted by atomic mass is 16.5. The first-order valence-corrected chi connectivity index (χ1v) is 10.6. The van der Waals surface area contributed by atoms with Gasteiger partial charge in [-0.05, 0) is 35.4 Å². The lowest BCUT2D eigenvalue weighted by Gasteiger charge is -2.35. The van der Waals surface area contributed by atoms with Gasteiger partial charge in [0.15, 0.2) is 0 Å². The number of nitrogens with one attached hydrogen (secondary N) is 1. The Morgan fingerprint density at radius 1 is 0.935 bits per heavy atom. The van der Waals surface area contributed by atoms with Crippen LogP contribution >= 0.6 is 0 Å². The third-order valence-electron chi connectivity index (χ3n) is 5.60. The van der Waals surface area contributed by atoms with E-state index in [1.54, 1.807) is 7.11 Å². The van der Waals surface area contributed by atoms with Gasteiger partial charge >= 0.3 is 0 Å². The van der Waals surface area contributed by atoms with E-state index in [4.69, 9.17) is 4.74 Å². The molecule has 2 aromatic carbocycles. The quantitative estimate of drug-likeness (QED) is 0.641. The van der Waals surface area contributed by atoms with Gasteiger partial charge in [0.2, 0.25) is 5.91 Å². The summed E-state index contributed by atoms with van der Waals surface area (Å²) >= 11 is 0. The molecule has 6 heteroatoms. The molecule has 2 heterocycles. The number of benzene rings is 2. The van der Waals surface area contributed by atoms with Gasteiger partial charge in [-0.2, -0.15) is 0 Å². The first-order chi connectivity index (χ1) is 15.2. The van der Waals surface area contributed by atoms with Gasteiger partial charge in [-0.3, -0.25) is 9.69 Å². The summed E-state index contributed by atoms with van der Waals surface area (Å²) in [7, 11) is 1.65. The molecule has 0 spiro atoms. The van der Waals surface area contributed by atoms with Crippen molar-refractivity contribution in [2.24, 2.45) is 0 Å². The fraction of sp³-hybridized carbons (Fsp3) is 0.280. The van der Waals surface area contributed by atoms with Crippen molar-refractivity contribution in [1.29, 1.82) is 0 Å². The third kappa shape index (κ3) is 5.41. The topological polar surface area (TPSA) is 57.7 Å². The molecule has 1 saturated heterocycles. The van der Waals surface area contributed by atoms with Crippen LogP contribution in [0.1, 0.15) is 17.2 Å². The van der Waals surface area contributed by atoms with Crippen molar-refractivity contribution in [3.8, 4) is 5.75 Å². The Labute approximate surface area is 183 Å². The van der Waals surface area contributed by atoms with Crippen LogP contribution in [0.5, 0.6) is 5.75 Å². The molecule has 0 radical (unpaired) electrons. The smallest absolute Gasteiger partial charge is 0.234 e. The lowest BCUT2D eigenvalue weighted by Crippen LogP contribution is -2.50. The van der Waals surface area contributed by atoms with Crippen molar-refractivity contribution in [2.45, 2.75) is 6.04 Å². The standard InChI is InChI=1S/C25H28N4O2/c1-31-22-12-10-21(11-13-22)25(20-7-3-2-4-8-20)27-24(30)19-28-15-17-29(18-16-28)23-9-5-6-14-26-23/h2-14,25H,15-19H2,1H3,(H,27,30)/t25-/m1/s1. The molecule has 1 aliphatic heterocycles. The van der Waals surface area contributed by atoms with E-state index < -0.39 is 0 Å². The van der Waals surface area contributed by atoms with Crippen LogP contribution in [0.2, 0.25) is 0 Å². The van der Waals surface area contributed by atoms with Gasteiger partial charge in [-0.15, -0.1) is 0 Å². The zero-order valence-corrected chi connectivity index (χ0v) is 17.8. The lowest BCUT2D eigenvalue weighted by atomic mass is 9.98. The summed E-state index contributed by atoms with van der Waals surface area (Å²) in [4.78, 5) is 21.8. The van der Waals surface area contributed by atoms with E-state index in [1.165, 1.54) is 0 Å². The van der Waals surface area contributed by atoms with Gasteiger partial charge in [0.05, 0.1) is 19.7 Å². The first-order valence-electron chi connectivity index (χ1n) is 10.6. The fourth-order valence-electron chi connectivity index (χ4n) is 3.89. The number of anilines is 1. The second kappa shape index (κ2) is 10.1. The van der Waals surface area contributed by atoms with Crippen molar-refractivity contribution in [3.05, 3.63) is 90.1 Å². The summed E-state index contributed by atoms with van der Waals surface area (Å²) in [5, 5.41) is 3.23. The Bertz CT molecular complexity index is 956. The first kappa shape index (κ1) is 20.9. The summed E-state index contributed by atoms with van der Waals surface area (Å²) in [6.45, 7) is 3.79. The van der Waals surface area contributed by atoms with Crippen LogP contribution in [-0.2, 0) is 4.79 Å². The Morgan fingerprint density at radius 2 is 1.61 bits per heavy atom. The monoisotopic (exact) mass is 416 g/mol. The second-order valence-corrected chi connectivity index (χ2v) is 7.64. The summed E-state index contributed by atoms with van der Waals surface area (Å²) in [6, 6.07) is 23.7. The van der Waals surface area contributed by atoms with Gasteiger partial charge in [-0.1, -0.05) is 48.5 Å². The van der Waals surface area contributed by atoms with Crippen LogP contribution in [0.3, 0.4) is 0 Å². The molecule has 6 nitrogen and oxygen atoms in total. The SMILES string of the molecule is COc1ccc([C@H](NC(=O)CN2CCN(c3ccccn3)CC2)c2ccccc2)cc1. The number of amides is 1. The molecule has 1 aromatic heterocycles. The van der Waals surface area contributed by atoms with Crippen molar-refractivity contribution >= 4 is 11.7 Å². The Kier molecular flexibility index (Phi) is 6.79. The zero-order chi connectivity index (χ0) is 21.5. The minimum absolute atomic E-state index is 0.0240. The van der Waals surface area contributed by atoms with Crippen molar-refractivity contribution < 1.29 is 9.53 Å². The maximum atomic E-state index is 12.9. The van der Waals surface area contributed by atoms with Gasteiger partial charge in [0, 0.05) is 32.4 Å². The van der Waals surface area contributed by atoms with Gasteiger partial charge in [0.1, 0.15) is 11.6 Å². The molecule has 0 aliphatic carbocycles. The maximum Gasteiger partial charge on any atom is 0.234 e. The number of carbonyl (C=O) groups excluding carboxylic acids is 1. The number of ether oxygens (including phenoxy) is 1. The largest absolute Gasteiger partial charge is 0.497 e. The molecule has 0 bridgehead atoms. The highest BCUT2D eigenvalue weighted by Crippen LogP contribution is 2.24. The number of hydrogen-bond acceptors (Lipinski definition) is 5. The highest BCUT2D eigenvalue weighted by Gasteiger charge is 2.22. The summed E-state index contributed by atoms with van der Waals surface area (Å²) < 4.78 is 5.27. The molecule has 4 rings (SSSR count). The number of carbonyl (C=O) groups is 1. The average molecular weight is 417 g/mol. The number of rotatable bonds is 7. The fourth-order valence-corrected chi connectivity index (χ4v) is 3.89. The van der Waals surface area contributed by atoms with E-state index in [0.29, 0.717) is 6.54 Å². The van der Waals surface area contributed by atoms with E-state index in [1.807, 2.05) is 79.0 Å². The van der Waals surface area contributed by atoms with Crippen LogP contribution < -0.4 is 15.0 Å². The predicted octanol–water partition coefficient (Wildman–Crippen LogP) is 3.12. The number of piperazine rings is 1. The molecule has 0 saturated carbocycles. The molecule has 3 aromatic rings. The van der Waals surface area contributed by atoms with Crippen molar-refractivity contribution in [1.82, 2.24) is 15.2 Å². The van der Waals surface area contributed by atoms with Crippen LogP contribution in [0.25, 0.3) is 0 Å². The Morgan fingerprint density at radius 3 is 2.26 bits per heavy atom. The summed E-state index contributed by atoms with van der Waals surface area (Å²) in [6.07, 6.45) is 1.82. The van der Waals surface area contributed by atoms with Crippen LogP contribution in [0.15, 0.2) is 79.0 Å². The van der Waals surface area contributed by atoms with Gasteiger partial charge in [-0.25, -0.2) is 4.98 Å². The molecule has 1 amide bonds. The number of pyridine rings is 1. The Balaban J connectivity index is 1.39. The van der Waals surface area contributed by atoms with Crippen LogP contribution in [0, 0.1) is 0 Å². The molecule has 1 N–H and O–H groups in total. The van der Waals surface area contributed by atoms with Gasteiger partial charge < -0.3 is 15.0 Å². The number of nitrogens with zero attached hydrogens (tertiary/aromatic N) is 3. The number of methoxy groups -OCH3 is 1. The van der Waals surface area contributed by atoms with Crippen molar-refractivity contribution in [3.63, 3.8) is 0 Å². The van der Waals surface area contributed by atoms with E-state index in [9.17, 15) is 4.79 Å². The van der Waals surface area contributed by atoms with E-state index >= 15 is 0 Å². The molecule has 1 atom stereocenters. The predicted molar refractivity (Wildman–Crippen MR) is 122 cm³/mol. The Hall–Kier alpha value is -3.38. The summed E-state index contributed by atoms with van der Waals surface area (Å²) in [5.74, 6) is 1.82. The lowest BCUT2D eigenvalue weighted by molar-refractivity contribution is -0.122. The van der Waals surface area contributed by atoms with Crippen LogP contribution in [0.4, 0.5) is 5.82 Å². The highest BCUT2D eigenvalue weighted by molar-refractivity contribution is 5.79. The number of hydrogen-bond donors (Lipinski definition) is 1. The molecular formula is C25H28N4O2. The van der Waals surface area contributed by atoms with E-state index in [0.717, 1.165) is 48.9 Å². The third-order valence-corrected chi connectivity index (χ3v) is 5.60. The maximum absolute atomic E-state index is 12.9. The van der Waals surface area contributed by atoms with E-state index in [-0.39, 0.29) is 11.9 Å². The minimum Gasteiger partial charge on any atom is -0.497 e. The van der Waals surface area contributed by atoms with Crippen LogP contribution in [-0.4, -0.2) is 55.6 Å². The van der Waals surface area contributed by atoms with Gasteiger partial charge in [0.25, 0.3) is 0 Å². The molecule has 0 unspecified atom stereocenters. The summed E-state index contributed by atoms with van der Waals surface area (Å²) in [5.41, 5.74) is 2.08. The number of aromatic nitrogens is 1. The normalized spacial score (nSPS) is 15.3. The molecular weight excluding hydrogens is 388 g/mol. The molecule has 160 valence electrons. The minimum atomic E-state index is -0.200. The zero-order valence-electron chi connectivity index (χ0n) is 17.8. The molecule has 31 heavy (non-hydrogen) atoms. The molecule has 1 aliphatic rings. The second-order valence-electron chi connectivity index (χ2n) is 7.64. The van der Waals surface area contributed by atoms with Crippen molar-refractivity contribution in [2.75, 3.05) is 44.7 Å². The van der Waals surface area contributed by atoms with E-state index in [2.05, 4.69) is 20.1 Å². The average Bonchev–Trinajstić information content (AvgIpc) is 2.84. The molecule has 1 fully saturated rings.